The van der Waals surface area contributed by atoms with Gasteiger partial charge >= 0.3 is 0 Å². The first-order valence-electron chi connectivity index (χ1n) is 7.61. The summed E-state index contributed by atoms with van der Waals surface area (Å²) in [5.41, 5.74) is 7.10. The molecule has 1 aliphatic rings. The highest BCUT2D eigenvalue weighted by molar-refractivity contribution is 5.32. The van der Waals surface area contributed by atoms with Crippen LogP contribution in [0.5, 0.6) is 0 Å². The second kappa shape index (κ2) is 6.99. The van der Waals surface area contributed by atoms with E-state index in [9.17, 15) is 0 Å². The Morgan fingerprint density at radius 1 is 1.35 bits per heavy atom. The molecule has 112 valence electrons. The van der Waals surface area contributed by atoms with Crippen molar-refractivity contribution in [3.63, 3.8) is 0 Å². The lowest BCUT2D eigenvalue weighted by atomic mass is 10.1. The molecule has 2 atom stereocenters. The summed E-state index contributed by atoms with van der Waals surface area (Å²) >= 11 is 0. The normalized spacial score (nSPS) is 22.6. The van der Waals surface area contributed by atoms with Crippen LogP contribution in [0.2, 0.25) is 0 Å². The van der Waals surface area contributed by atoms with E-state index in [4.69, 9.17) is 5.73 Å². The van der Waals surface area contributed by atoms with Crippen molar-refractivity contribution in [2.45, 2.75) is 45.2 Å². The zero-order valence-corrected chi connectivity index (χ0v) is 12.9. The fraction of sp³-hybridized carbons (Fsp3) is 0.733. The van der Waals surface area contributed by atoms with Gasteiger partial charge < -0.3 is 15.5 Å². The molecule has 1 aliphatic heterocycles. The highest BCUT2D eigenvalue weighted by Gasteiger charge is 2.21. The molecule has 0 radical (unpaired) electrons. The van der Waals surface area contributed by atoms with Crippen LogP contribution in [0, 0.1) is 0 Å². The van der Waals surface area contributed by atoms with Gasteiger partial charge in [-0.15, -0.1) is 0 Å². The summed E-state index contributed by atoms with van der Waals surface area (Å²) in [6.45, 7) is 7.58. The Labute approximate surface area is 122 Å². The molecule has 0 saturated carbocycles. The van der Waals surface area contributed by atoms with Crippen molar-refractivity contribution in [2.24, 2.45) is 5.73 Å². The highest BCUT2D eigenvalue weighted by Crippen LogP contribution is 2.16. The lowest BCUT2D eigenvalue weighted by Crippen LogP contribution is -2.39. The third-order valence-electron chi connectivity index (χ3n) is 4.02. The van der Waals surface area contributed by atoms with E-state index < -0.39 is 0 Å². The van der Waals surface area contributed by atoms with Crippen molar-refractivity contribution in [3.05, 3.63) is 18.0 Å². The minimum atomic E-state index is 0.204. The number of nitrogens with two attached hydrogens (primary N) is 1. The van der Waals surface area contributed by atoms with Crippen molar-refractivity contribution in [2.75, 3.05) is 31.6 Å². The van der Waals surface area contributed by atoms with Crippen LogP contribution in [0.25, 0.3) is 0 Å². The zero-order valence-electron chi connectivity index (χ0n) is 12.9. The lowest BCUT2D eigenvalue weighted by molar-refractivity contribution is 0.337. The predicted octanol–water partition coefficient (Wildman–Crippen LogP) is 1.29. The van der Waals surface area contributed by atoms with Gasteiger partial charge in [-0.1, -0.05) is 6.92 Å². The van der Waals surface area contributed by atoms with Gasteiger partial charge in [0.15, 0.2) is 0 Å². The summed E-state index contributed by atoms with van der Waals surface area (Å²) in [6.07, 6.45) is 6.86. The number of rotatable bonds is 4. The Morgan fingerprint density at radius 3 is 2.70 bits per heavy atom. The van der Waals surface area contributed by atoms with E-state index in [1.165, 1.54) is 0 Å². The molecule has 2 heterocycles. The predicted molar refractivity (Wildman–Crippen MR) is 82.9 cm³/mol. The van der Waals surface area contributed by atoms with Crippen molar-refractivity contribution < 1.29 is 0 Å². The van der Waals surface area contributed by atoms with Crippen LogP contribution in [0.3, 0.4) is 0 Å². The Balaban J connectivity index is 2.05. The number of anilines is 1. The van der Waals surface area contributed by atoms with Crippen LogP contribution >= 0.6 is 0 Å². The van der Waals surface area contributed by atoms with Crippen molar-refractivity contribution >= 4 is 5.95 Å². The van der Waals surface area contributed by atoms with Crippen LogP contribution in [0.1, 0.15) is 32.3 Å². The number of hydrogen-bond acceptors (Lipinski definition) is 5. The molecule has 5 heteroatoms. The van der Waals surface area contributed by atoms with Gasteiger partial charge in [0, 0.05) is 37.6 Å². The first-order valence-corrected chi connectivity index (χ1v) is 7.61. The third kappa shape index (κ3) is 3.90. The molecule has 5 nitrogen and oxygen atoms in total. The van der Waals surface area contributed by atoms with Gasteiger partial charge in [-0.25, -0.2) is 9.97 Å². The first kappa shape index (κ1) is 15.2. The van der Waals surface area contributed by atoms with Crippen molar-refractivity contribution in [1.82, 2.24) is 14.9 Å². The summed E-state index contributed by atoms with van der Waals surface area (Å²) in [6, 6.07) is 0.654. The van der Waals surface area contributed by atoms with Gasteiger partial charge in [0.1, 0.15) is 0 Å². The SMILES string of the molecule is CCC(N)Cc1cnc(N2CCCN(C)CC2C)nc1. The van der Waals surface area contributed by atoms with Gasteiger partial charge in [-0.2, -0.15) is 0 Å². The molecule has 2 unspecified atom stereocenters. The van der Waals surface area contributed by atoms with E-state index in [0.29, 0.717) is 6.04 Å². The summed E-state index contributed by atoms with van der Waals surface area (Å²) < 4.78 is 0. The monoisotopic (exact) mass is 277 g/mol. The topological polar surface area (TPSA) is 58.3 Å². The maximum atomic E-state index is 5.97. The van der Waals surface area contributed by atoms with Crippen molar-refractivity contribution in [1.29, 1.82) is 0 Å². The Morgan fingerprint density at radius 2 is 2.05 bits per heavy atom. The van der Waals surface area contributed by atoms with E-state index in [1.807, 2.05) is 12.4 Å². The molecule has 1 saturated heterocycles. The smallest absolute Gasteiger partial charge is 0.225 e. The van der Waals surface area contributed by atoms with Gasteiger partial charge in [0.2, 0.25) is 5.95 Å². The number of aromatic nitrogens is 2. The maximum Gasteiger partial charge on any atom is 0.225 e. The summed E-state index contributed by atoms with van der Waals surface area (Å²) in [7, 11) is 2.18. The second-order valence-corrected chi connectivity index (χ2v) is 5.92. The van der Waals surface area contributed by atoms with Crippen LogP contribution in [0.4, 0.5) is 5.95 Å². The molecule has 2 rings (SSSR count). The quantitative estimate of drug-likeness (QED) is 0.898. The summed E-state index contributed by atoms with van der Waals surface area (Å²) in [5, 5.41) is 0. The minimum Gasteiger partial charge on any atom is -0.337 e. The fourth-order valence-corrected chi connectivity index (χ4v) is 2.72. The average Bonchev–Trinajstić information content (AvgIpc) is 2.60. The molecule has 2 N–H and O–H groups in total. The summed E-state index contributed by atoms with van der Waals surface area (Å²) in [5.74, 6) is 0.849. The molecule has 1 aromatic heterocycles. The average molecular weight is 277 g/mol. The molecule has 0 aromatic carbocycles. The summed E-state index contributed by atoms with van der Waals surface area (Å²) in [4.78, 5) is 13.8. The van der Waals surface area contributed by atoms with Gasteiger partial charge in [-0.3, -0.25) is 0 Å². The molecule has 1 fully saturated rings. The molecule has 0 bridgehead atoms. The fourth-order valence-electron chi connectivity index (χ4n) is 2.72. The number of hydrogen-bond donors (Lipinski definition) is 1. The van der Waals surface area contributed by atoms with E-state index >= 15 is 0 Å². The van der Waals surface area contributed by atoms with Crippen LogP contribution < -0.4 is 10.6 Å². The van der Waals surface area contributed by atoms with E-state index in [-0.39, 0.29) is 6.04 Å². The number of likely N-dealkylation sites (N-methyl/N-ethyl adjacent to an activating group) is 1. The molecule has 0 amide bonds. The van der Waals surface area contributed by atoms with Gasteiger partial charge in [0.25, 0.3) is 0 Å². The zero-order chi connectivity index (χ0) is 14.5. The third-order valence-corrected chi connectivity index (χ3v) is 4.02. The minimum absolute atomic E-state index is 0.204. The maximum absolute atomic E-state index is 5.97. The van der Waals surface area contributed by atoms with Gasteiger partial charge in [-0.05, 0) is 45.3 Å². The van der Waals surface area contributed by atoms with E-state index in [1.54, 1.807) is 0 Å². The Kier molecular flexibility index (Phi) is 5.31. The standard InChI is InChI=1S/C15H27N5/c1-4-14(16)8-13-9-17-15(18-10-13)20-7-5-6-19(3)11-12(20)2/h9-10,12,14H,4-8,11,16H2,1-3H3. The van der Waals surface area contributed by atoms with Gasteiger partial charge in [0.05, 0.1) is 0 Å². The van der Waals surface area contributed by atoms with E-state index in [0.717, 1.165) is 50.4 Å². The van der Waals surface area contributed by atoms with Crippen LogP contribution in [-0.2, 0) is 6.42 Å². The number of nitrogens with zero attached hydrogens (tertiary/aromatic N) is 4. The molecule has 1 aromatic rings. The molecular weight excluding hydrogens is 250 g/mol. The van der Waals surface area contributed by atoms with Crippen LogP contribution in [0.15, 0.2) is 12.4 Å². The Hall–Kier alpha value is -1.20. The van der Waals surface area contributed by atoms with Crippen LogP contribution in [-0.4, -0.2) is 53.6 Å². The molecule has 0 aliphatic carbocycles. The molecule has 20 heavy (non-hydrogen) atoms. The Bertz CT molecular complexity index is 405. The highest BCUT2D eigenvalue weighted by atomic mass is 15.3. The van der Waals surface area contributed by atoms with Crippen molar-refractivity contribution in [3.8, 4) is 0 Å². The second-order valence-electron chi connectivity index (χ2n) is 5.92. The van der Waals surface area contributed by atoms with E-state index in [2.05, 4.69) is 40.7 Å². The first-order chi connectivity index (χ1) is 9.60. The largest absolute Gasteiger partial charge is 0.337 e. The molecule has 0 spiro atoms. The lowest BCUT2D eigenvalue weighted by Gasteiger charge is -2.28. The molecular formula is C15H27N5.